The highest BCUT2D eigenvalue weighted by Crippen LogP contribution is 2.28. The van der Waals surface area contributed by atoms with Crippen molar-refractivity contribution in [1.82, 2.24) is 5.01 Å². The van der Waals surface area contributed by atoms with Crippen LogP contribution in [0.3, 0.4) is 0 Å². The molecule has 0 aliphatic carbocycles. The van der Waals surface area contributed by atoms with Crippen molar-refractivity contribution in [3.63, 3.8) is 0 Å². The minimum absolute atomic E-state index is 0.000714. The molecule has 2 aliphatic rings. The van der Waals surface area contributed by atoms with Crippen molar-refractivity contribution in [2.75, 3.05) is 0 Å². The Morgan fingerprint density at radius 3 is 2.71 bits per heavy atom. The second-order valence-corrected chi connectivity index (χ2v) is 7.25. The van der Waals surface area contributed by atoms with E-state index in [0.29, 0.717) is 16.5 Å². The Bertz CT molecular complexity index is 1060. The third-order valence-electron chi connectivity index (χ3n) is 4.10. The van der Waals surface area contributed by atoms with Crippen LogP contribution in [-0.2, 0) is 11.4 Å². The van der Waals surface area contributed by atoms with E-state index in [4.69, 9.17) is 10.1 Å². The Morgan fingerprint density at radius 1 is 1.21 bits per heavy atom. The molecular formula is C20H15FN4O2S. The lowest BCUT2D eigenvalue weighted by atomic mass is 10.1. The van der Waals surface area contributed by atoms with Crippen LogP contribution in [-0.4, -0.2) is 27.0 Å². The van der Waals surface area contributed by atoms with Crippen LogP contribution in [0.4, 0.5) is 4.39 Å². The first-order chi connectivity index (χ1) is 13.5. The molecule has 0 radical (unpaired) electrons. The number of ether oxygens (including phenoxy) is 1. The van der Waals surface area contributed by atoms with Gasteiger partial charge in [0.25, 0.3) is 5.91 Å². The number of nitrogens with one attached hydrogen (secondary N) is 1. The van der Waals surface area contributed by atoms with Crippen LogP contribution in [0.25, 0.3) is 6.08 Å². The van der Waals surface area contributed by atoms with Crippen molar-refractivity contribution in [2.45, 2.75) is 13.5 Å². The zero-order valence-corrected chi connectivity index (χ0v) is 15.7. The number of fused-ring (bicyclic) bond motifs is 1. The van der Waals surface area contributed by atoms with E-state index in [-0.39, 0.29) is 23.8 Å². The van der Waals surface area contributed by atoms with Gasteiger partial charge in [0, 0.05) is 5.56 Å². The molecular weight excluding hydrogens is 379 g/mol. The first kappa shape index (κ1) is 18.1. The van der Waals surface area contributed by atoms with Gasteiger partial charge in [-0.25, -0.2) is 4.39 Å². The van der Waals surface area contributed by atoms with Gasteiger partial charge in [0.2, 0.25) is 5.17 Å². The molecule has 0 spiro atoms. The number of aliphatic imine (C=N–C) groups is 1. The highest BCUT2D eigenvalue weighted by atomic mass is 32.2. The average Bonchev–Trinajstić information content (AvgIpc) is 3.06. The van der Waals surface area contributed by atoms with Crippen LogP contribution in [0, 0.1) is 11.2 Å². The Labute approximate surface area is 164 Å². The minimum Gasteiger partial charge on any atom is -0.489 e. The number of thioether (sulfide) groups is 1. The number of nitrogens with zero attached hydrogens (tertiary/aromatic N) is 3. The van der Waals surface area contributed by atoms with E-state index < -0.39 is 5.91 Å². The topological polar surface area (TPSA) is 78.1 Å². The van der Waals surface area contributed by atoms with Crippen LogP contribution in [0.2, 0.25) is 0 Å². The van der Waals surface area contributed by atoms with Crippen molar-refractivity contribution in [2.24, 2.45) is 10.1 Å². The highest BCUT2D eigenvalue weighted by molar-refractivity contribution is 8.26. The number of hydrazone groups is 1. The quantitative estimate of drug-likeness (QED) is 0.794. The molecule has 2 aromatic rings. The monoisotopic (exact) mass is 394 g/mol. The number of carbonyl (C=O) groups excluding carboxylic acids is 1. The van der Waals surface area contributed by atoms with E-state index in [9.17, 15) is 9.18 Å². The molecule has 1 amide bonds. The van der Waals surface area contributed by atoms with Gasteiger partial charge in [0.05, 0.1) is 10.6 Å². The number of hydrogen-bond donors (Lipinski definition) is 1. The molecule has 140 valence electrons. The maximum Gasteiger partial charge on any atom is 0.283 e. The molecule has 0 unspecified atom stereocenters. The molecule has 1 N–H and O–H groups in total. The van der Waals surface area contributed by atoms with Gasteiger partial charge in [-0.3, -0.25) is 10.2 Å². The van der Waals surface area contributed by atoms with Crippen LogP contribution >= 0.6 is 11.8 Å². The fraction of sp³-hybridized carbons (Fsp3) is 0.100. The molecule has 6 nitrogen and oxygen atoms in total. The lowest BCUT2D eigenvalue weighted by Crippen LogP contribution is -2.35. The number of amides is 1. The fourth-order valence-electron chi connectivity index (χ4n) is 2.69. The predicted molar refractivity (Wildman–Crippen MR) is 108 cm³/mol. The van der Waals surface area contributed by atoms with Crippen LogP contribution in [0.1, 0.15) is 18.1 Å². The highest BCUT2D eigenvalue weighted by Gasteiger charge is 2.34. The molecule has 8 heteroatoms. The summed E-state index contributed by atoms with van der Waals surface area (Å²) in [5, 5.41) is 14.9. The van der Waals surface area contributed by atoms with E-state index >= 15 is 0 Å². The molecule has 0 saturated carbocycles. The first-order valence-corrected chi connectivity index (χ1v) is 9.26. The molecule has 4 rings (SSSR count). The number of benzene rings is 2. The molecule has 2 aliphatic heterocycles. The Balaban J connectivity index is 1.49. The van der Waals surface area contributed by atoms with Gasteiger partial charge in [-0.15, -0.1) is 0 Å². The molecule has 2 heterocycles. The first-order valence-electron chi connectivity index (χ1n) is 8.44. The summed E-state index contributed by atoms with van der Waals surface area (Å²) in [6, 6.07) is 13.4. The van der Waals surface area contributed by atoms with Gasteiger partial charge >= 0.3 is 0 Å². The molecule has 0 saturated heterocycles. The van der Waals surface area contributed by atoms with E-state index in [1.807, 2.05) is 0 Å². The smallest absolute Gasteiger partial charge is 0.283 e. The summed E-state index contributed by atoms with van der Waals surface area (Å²) in [5.74, 6) is -0.198. The molecule has 0 aromatic heterocycles. The van der Waals surface area contributed by atoms with E-state index in [1.165, 1.54) is 22.8 Å². The number of hydrogen-bond acceptors (Lipinski definition) is 5. The number of carbonyl (C=O) groups is 1. The van der Waals surface area contributed by atoms with Crippen LogP contribution < -0.4 is 4.74 Å². The summed E-state index contributed by atoms with van der Waals surface area (Å²) in [5.41, 5.74) is 1.36. The van der Waals surface area contributed by atoms with E-state index in [1.54, 1.807) is 55.5 Å². The average molecular weight is 394 g/mol. The summed E-state index contributed by atoms with van der Waals surface area (Å²) >= 11 is 1.27. The maximum absolute atomic E-state index is 13.6. The SMILES string of the molecule is CC1=NN2C(=N)C(=Cc3ccc(OCc4ccccc4F)cc3)C(=O)N=C2S1. The Hall–Kier alpha value is -3.26. The fourth-order valence-corrected chi connectivity index (χ4v) is 3.43. The second-order valence-electron chi connectivity index (χ2n) is 6.09. The molecule has 0 bridgehead atoms. The largest absolute Gasteiger partial charge is 0.489 e. The number of rotatable bonds is 4. The van der Waals surface area contributed by atoms with Gasteiger partial charge in [-0.2, -0.15) is 15.1 Å². The van der Waals surface area contributed by atoms with Gasteiger partial charge in [0.1, 0.15) is 18.2 Å². The second kappa shape index (κ2) is 7.40. The predicted octanol–water partition coefficient (Wildman–Crippen LogP) is 4.04. The minimum atomic E-state index is -0.464. The van der Waals surface area contributed by atoms with Crippen LogP contribution in [0.15, 0.2) is 64.2 Å². The van der Waals surface area contributed by atoms with Crippen molar-refractivity contribution < 1.29 is 13.9 Å². The maximum atomic E-state index is 13.6. The summed E-state index contributed by atoms with van der Waals surface area (Å²) < 4.78 is 19.3. The number of halogens is 1. The third kappa shape index (κ3) is 3.59. The summed E-state index contributed by atoms with van der Waals surface area (Å²) in [7, 11) is 0. The Kier molecular flexibility index (Phi) is 4.79. The van der Waals surface area contributed by atoms with Crippen molar-refractivity contribution in [3.8, 4) is 5.75 Å². The third-order valence-corrected chi connectivity index (χ3v) is 4.92. The normalized spacial score (nSPS) is 17.5. The standard InChI is InChI=1S/C20H15FN4O2S/c1-12-24-25-18(22)16(19(26)23-20(25)28-12)10-13-6-8-15(9-7-13)27-11-14-4-2-3-5-17(14)21/h2-10,22H,11H2,1H3. The van der Waals surface area contributed by atoms with Gasteiger partial charge < -0.3 is 4.74 Å². The van der Waals surface area contributed by atoms with Crippen molar-refractivity contribution in [3.05, 3.63) is 71.0 Å². The molecule has 0 atom stereocenters. The summed E-state index contributed by atoms with van der Waals surface area (Å²) in [6.45, 7) is 1.92. The summed E-state index contributed by atoms with van der Waals surface area (Å²) in [4.78, 5) is 16.3. The molecule has 2 aromatic carbocycles. The zero-order chi connectivity index (χ0) is 19.7. The van der Waals surface area contributed by atoms with Gasteiger partial charge in [-0.1, -0.05) is 30.3 Å². The lowest BCUT2D eigenvalue weighted by Gasteiger charge is -2.20. The Morgan fingerprint density at radius 2 is 1.96 bits per heavy atom. The van der Waals surface area contributed by atoms with Crippen molar-refractivity contribution >= 4 is 39.8 Å². The number of amidine groups is 2. The van der Waals surface area contributed by atoms with E-state index in [2.05, 4.69) is 10.1 Å². The van der Waals surface area contributed by atoms with Crippen LogP contribution in [0.5, 0.6) is 5.75 Å². The summed E-state index contributed by atoms with van der Waals surface area (Å²) in [6.07, 6.45) is 1.60. The zero-order valence-electron chi connectivity index (χ0n) is 14.8. The van der Waals surface area contributed by atoms with Gasteiger partial charge in [0.15, 0.2) is 5.84 Å². The molecule has 28 heavy (non-hydrogen) atoms. The van der Waals surface area contributed by atoms with Crippen molar-refractivity contribution in [1.29, 1.82) is 5.41 Å². The lowest BCUT2D eigenvalue weighted by molar-refractivity contribution is -0.114. The van der Waals surface area contributed by atoms with E-state index in [0.717, 1.165) is 10.6 Å². The van der Waals surface area contributed by atoms with Gasteiger partial charge in [-0.05, 0) is 48.5 Å². The molecule has 0 fully saturated rings.